The fourth-order valence-corrected chi connectivity index (χ4v) is 1.35. The van der Waals surface area contributed by atoms with Crippen LogP contribution >= 0.6 is 0 Å². The van der Waals surface area contributed by atoms with E-state index in [1.807, 2.05) is 60.7 Å². The van der Waals surface area contributed by atoms with Crippen LogP contribution in [-0.2, 0) is 0 Å². The van der Waals surface area contributed by atoms with Crippen LogP contribution in [0.15, 0.2) is 60.7 Å². The number of rotatable bonds is 2. The van der Waals surface area contributed by atoms with E-state index in [1.54, 1.807) is 0 Å². The molecule has 0 saturated heterocycles. The first kappa shape index (κ1) is 17.4. The average Bonchev–Trinajstić information content (AvgIpc) is 2.30. The van der Waals surface area contributed by atoms with Gasteiger partial charge in [0.25, 0.3) is 0 Å². The molecule has 0 atom stereocenters. The van der Waals surface area contributed by atoms with Gasteiger partial charge in [0.2, 0.25) is 0 Å². The molecule has 70 valence electrons. The minimum Gasteiger partial charge on any atom is -0.289 e. The van der Waals surface area contributed by atoms with E-state index in [0.29, 0.717) is 0 Å². The summed E-state index contributed by atoms with van der Waals surface area (Å²) in [6.45, 7) is 0. The zero-order chi connectivity index (χ0) is 9.80. The Kier molecular flexibility index (Phi) is 10.1. The Balaban J connectivity index is 0.00000112. The van der Waals surface area contributed by atoms with Crippen molar-refractivity contribution >= 4 is 109 Å². The Hall–Kier alpha value is 1.38. The van der Waals surface area contributed by atoms with E-state index in [4.69, 9.17) is 0 Å². The molecular formula is C13H10K2O. The molecule has 0 unspecified atom stereocenters. The molecule has 0 saturated carbocycles. The van der Waals surface area contributed by atoms with Crippen LogP contribution in [0, 0.1) is 0 Å². The van der Waals surface area contributed by atoms with Gasteiger partial charge >= 0.3 is 0 Å². The summed E-state index contributed by atoms with van der Waals surface area (Å²) >= 11 is 0. The van der Waals surface area contributed by atoms with Crippen molar-refractivity contribution < 1.29 is 4.79 Å². The van der Waals surface area contributed by atoms with E-state index < -0.39 is 0 Å². The van der Waals surface area contributed by atoms with Crippen LogP contribution in [0.25, 0.3) is 0 Å². The van der Waals surface area contributed by atoms with E-state index in [1.165, 1.54) is 0 Å². The predicted octanol–water partition coefficient (Wildman–Crippen LogP) is 2.16. The van der Waals surface area contributed by atoms with Crippen LogP contribution in [0.5, 0.6) is 0 Å². The minimum absolute atomic E-state index is 0. The van der Waals surface area contributed by atoms with Gasteiger partial charge < -0.3 is 0 Å². The second kappa shape index (κ2) is 9.33. The van der Waals surface area contributed by atoms with E-state index in [0.717, 1.165) is 11.1 Å². The topological polar surface area (TPSA) is 17.1 Å². The Morgan fingerprint density at radius 1 is 0.625 bits per heavy atom. The van der Waals surface area contributed by atoms with Crippen molar-refractivity contribution in [3.8, 4) is 0 Å². The SMILES string of the molecule is O=C(c1ccccc1)c1ccccc1.[K].[K]. The summed E-state index contributed by atoms with van der Waals surface area (Å²) in [6, 6.07) is 18.6. The molecule has 0 heterocycles. The number of hydrogen-bond acceptors (Lipinski definition) is 1. The zero-order valence-electron chi connectivity index (χ0n) is 9.68. The van der Waals surface area contributed by atoms with E-state index in [2.05, 4.69) is 0 Å². The van der Waals surface area contributed by atoms with Gasteiger partial charge in [-0.05, 0) is 0 Å². The largest absolute Gasteiger partial charge is 0.289 e. The molecule has 3 heteroatoms. The molecule has 0 amide bonds. The van der Waals surface area contributed by atoms with Crippen molar-refractivity contribution in [2.24, 2.45) is 0 Å². The molecule has 0 aliphatic heterocycles. The fourth-order valence-electron chi connectivity index (χ4n) is 1.35. The Morgan fingerprint density at radius 2 is 0.938 bits per heavy atom. The van der Waals surface area contributed by atoms with Gasteiger partial charge in [-0.25, -0.2) is 0 Å². The smallest absolute Gasteiger partial charge is 0.193 e. The molecule has 1 nitrogen and oxygen atoms in total. The van der Waals surface area contributed by atoms with Crippen molar-refractivity contribution in [1.29, 1.82) is 0 Å². The molecule has 0 N–H and O–H groups in total. The van der Waals surface area contributed by atoms with Crippen molar-refractivity contribution in [2.45, 2.75) is 0 Å². The second-order valence-electron chi connectivity index (χ2n) is 3.06. The summed E-state index contributed by atoms with van der Waals surface area (Å²) in [6.07, 6.45) is 0. The molecule has 0 aliphatic carbocycles. The third-order valence-electron chi connectivity index (χ3n) is 2.07. The molecule has 0 aromatic heterocycles. The van der Waals surface area contributed by atoms with E-state index >= 15 is 0 Å². The number of carbonyl (C=O) groups is 1. The van der Waals surface area contributed by atoms with Crippen LogP contribution in [0.4, 0.5) is 0 Å². The molecule has 0 aliphatic rings. The molecule has 16 heavy (non-hydrogen) atoms. The number of ketones is 1. The van der Waals surface area contributed by atoms with Crippen LogP contribution in [0.3, 0.4) is 0 Å². The molecule has 0 fully saturated rings. The average molecular weight is 260 g/mol. The normalized spacial score (nSPS) is 8.50. The van der Waals surface area contributed by atoms with Crippen molar-refractivity contribution in [3.05, 3.63) is 71.8 Å². The Bertz CT molecular complexity index is 385. The Labute approximate surface area is 181 Å². The summed E-state index contributed by atoms with van der Waals surface area (Å²) in [5, 5.41) is 0. The summed E-state index contributed by atoms with van der Waals surface area (Å²) in [5.74, 6) is 0.0752. The molecular weight excluding hydrogens is 250 g/mol. The first-order valence-corrected chi connectivity index (χ1v) is 4.53. The summed E-state index contributed by atoms with van der Waals surface area (Å²) in [7, 11) is 0. The zero-order valence-corrected chi connectivity index (χ0v) is 15.9. The summed E-state index contributed by atoms with van der Waals surface area (Å²) in [4.78, 5) is 11.8. The molecule has 2 radical (unpaired) electrons. The van der Waals surface area contributed by atoms with Gasteiger partial charge in [0.15, 0.2) is 5.78 Å². The predicted molar refractivity (Wildman–Crippen MR) is 67.8 cm³/mol. The molecule has 2 aromatic rings. The van der Waals surface area contributed by atoms with Gasteiger partial charge in [0.1, 0.15) is 0 Å². The van der Waals surface area contributed by atoms with Gasteiger partial charge in [-0.3, -0.25) is 4.79 Å². The van der Waals surface area contributed by atoms with Gasteiger partial charge in [-0.1, -0.05) is 60.7 Å². The standard InChI is InChI=1S/C13H10O.2K/c14-13(11-7-3-1-4-8-11)12-9-5-2-6-10-12;;/h1-10H;;. The van der Waals surface area contributed by atoms with Crippen LogP contribution in [-0.4, -0.2) is 109 Å². The number of hydrogen-bond donors (Lipinski definition) is 0. The van der Waals surface area contributed by atoms with Crippen LogP contribution < -0.4 is 0 Å². The van der Waals surface area contributed by atoms with E-state index in [9.17, 15) is 4.79 Å². The monoisotopic (exact) mass is 260 g/mol. The molecule has 2 rings (SSSR count). The summed E-state index contributed by atoms with van der Waals surface area (Å²) in [5.41, 5.74) is 1.47. The summed E-state index contributed by atoms with van der Waals surface area (Å²) < 4.78 is 0. The van der Waals surface area contributed by atoms with E-state index in [-0.39, 0.29) is 109 Å². The molecule has 2 aromatic carbocycles. The maximum Gasteiger partial charge on any atom is 0.193 e. The number of benzene rings is 2. The molecule has 0 bridgehead atoms. The fraction of sp³-hybridized carbons (Fsp3) is 0. The van der Waals surface area contributed by atoms with Crippen molar-refractivity contribution in [2.75, 3.05) is 0 Å². The quantitative estimate of drug-likeness (QED) is 0.597. The van der Waals surface area contributed by atoms with Crippen LogP contribution in [0.2, 0.25) is 0 Å². The van der Waals surface area contributed by atoms with Crippen molar-refractivity contribution in [1.82, 2.24) is 0 Å². The number of carbonyl (C=O) groups excluding carboxylic acids is 1. The van der Waals surface area contributed by atoms with Gasteiger partial charge in [-0.15, -0.1) is 0 Å². The first-order valence-electron chi connectivity index (χ1n) is 4.53. The Morgan fingerprint density at radius 3 is 1.25 bits per heavy atom. The van der Waals surface area contributed by atoms with Gasteiger partial charge in [-0.2, -0.15) is 0 Å². The van der Waals surface area contributed by atoms with Gasteiger partial charge in [0.05, 0.1) is 0 Å². The third-order valence-corrected chi connectivity index (χ3v) is 2.07. The molecule has 0 spiro atoms. The minimum atomic E-state index is 0. The van der Waals surface area contributed by atoms with Crippen LogP contribution in [0.1, 0.15) is 15.9 Å². The second-order valence-corrected chi connectivity index (χ2v) is 3.06. The maximum atomic E-state index is 11.8. The third kappa shape index (κ3) is 4.94. The maximum absolute atomic E-state index is 11.8. The van der Waals surface area contributed by atoms with Crippen molar-refractivity contribution in [3.63, 3.8) is 0 Å². The van der Waals surface area contributed by atoms with Gasteiger partial charge in [0, 0.05) is 114 Å². The first-order chi connectivity index (χ1) is 6.88.